The first-order chi connectivity index (χ1) is 8.10. The van der Waals surface area contributed by atoms with Crippen LogP contribution in [0.2, 0.25) is 0 Å². The Morgan fingerprint density at radius 3 is 2.65 bits per heavy atom. The molecule has 0 fully saturated rings. The van der Waals surface area contributed by atoms with E-state index in [1.165, 1.54) is 0 Å². The molecule has 0 bridgehead atoms. The number of nitrogens with one attached hydrogen (secondary N) is 1. The van der Waals surface area contributed by atoms with Crippen LogP contribution in [-0.2, 0) is 11.3 Å². The second-order valence-corrected chi connectivity index (χ2v) is 4.37. The van der Waals surface area contributed by atoms with E-state index in [4.69, 9.17) is 4.74 Å². The Morgan fingerprint density at radius 1 is 1.35 bits per heavy atom. The first-order valence-electron chi connectivity index (χ1n) is 5.60. The minimum atomic E-state index is 0.0351. The number of hydrogen-bond acceptors (Lipinski definition) is 3. The van der Waals surface area contributed by atoms with Gasteiger partial charge in [0, 0.05) is 13.0 Å². The molecule has 1 rings (SSSR count). The monoisotopic (exact) mass is 253 g/mol. The summed E-state index contributed by atoms with van der Waals surface area (Å²) in [6, 6.07) is 3.92. The number of amides is 1. The zero-order chi connectivity index (χ0) is 12.8. The van der Waals surface area contributed by atoms with Crippen LogP contribution in [0.4, 0.5) is 0 Å². The molecule has 3 nitrogen and oxygen atoms in total. The van der Waals surface area contributed by atoms with E-state index < -0.39 is 0 Å². The SMILES string of the molecule is COc1ccc(CNC(=O)CCS)c(C)c1C. The number of thiol groups is 1. The number of methoxy groups -OCH3 is 1. The standard InChI is InChI=1S/C13H19NO2S/c1-9-10(2)12(16-3)5-4-11(9)8-14-13(15)6-7-17/h4-5,17H,6-8H2,1-3H3,(H,14,15). The molecule has 0 radical (unpaired) electrons. The maximum absolute atomic E-state index is 11.4. The third-order valence-corrected chi connectivity index (χ3v) is 3.11. The average molecular weight is 253 g/mol. The fourth-order valence-electron chi connectivity index (χ4n) is 1.65. The lowest BCUT2D eigenvalue weighted by Gasteiger charge is -2.13. The van der Waals surface area contributed by atoms with Crippen molar-refractivity contribution in [1.29, 1.82) is 0 Å². The van der Waals surface area contributed by atoms with Gasteiger partial charge in [0.25, 0.3) is 0 Å². The van der Waals surface area contributed by atoms with Crippen LogP contribution in [0.3, 0.4) is 0 Å². The molecule has 0 aliphatic rings. The highest BCUT2D eigenvalue weighted by molar-refractivity contribution is 7.80. The zero-order valence-corrected chi connectivity index (χ0v) is 11.4. The van der Waals surface area contributed by atoms with E-state index in [0.717, 1.165) is 22.4 Å². The van der Waals surface area contributed by atoms with Crippen molar-refractivity contribution in [3.63, 3.8) is 0 Å². The number of benzene rings is 1. The van der Waals surface area contributed by atoms with Crippen LogP contribution in [0.25, 0.3) is 0 Å². The zero-order valence-electron chi connectivity index (χ0n) is 10.5. The summed E-state index contributed by atoms with van der Waals surface area (Å²) in [5, 5.41) is 2.88. The molecule has 0 unspecified atom stereocenters. The van der Waals surface area contributed by atoms with E-state index in [1.54, 1.807) is 7.11 Å². The number of ether oxygens (including phenoxy) is 1. The van der Waals surface area contributed by atoms with E-state index >= 15 is 0 Å². The molecule has 0 aromatic heterocycles. The minimum Gasteiger partial charge on any atom is -0.496 e. The van der Waals surface area contributed by atoms with E-state index in [2.05, 4.69) is 17.9 Å². The first kappa shape index (κ1) is 13.9. The fourth-order valence-corrected chi connectivity index (χ4v) is 1.85. The smallest absolute Gasteiger partial charge is 0.221 e. The van der Waals surface area contributed by atoms with Gasteiger partial charge in [-0.1, -0.05) is 6.07 Å². The summed E-state index contributed by atoms with van der Waals surface area (Å²) in [4.78, 5) is 11.4. The highest BCUT2D eigenvalue weighted by Gasteiger charge is 2.07. The van der Waals surface area contributed by atoms with Gasteiger partial charge in [-0.05, 0) is 42.4 Å². The Morgan fingerprint density at radius 2 is 2.06 bits per heavy atom. The second-order valence-electron chi connectivity index (χ2n) is 3.93. The number of carbonyl (C=O) groups is 1. The summed E-state index contributed by atoms with van der Waals surface area (Å²) in [6.07, 6.45) is 0.456. The lowest BCUT2D eigenvalue weighted by molar-refractivity contribution is -0.120. The van der Waals surface area contributed by atoms with Gasteiger partial charge in [0.15, 0.2) is 0 Å². The molecule has 1 aromatic carbocycles. The van der Waals surface area contributed by atoms with E-state index in [9.17, 15) is 4.79 Å². The predicted octanol–water partition coefficient (Wildman–Crippen LogP) is 2.25. The van der Waals surface area contributed by atoms with Crippen LogP contribution in [0, 0.1) is 13.8 Å². The van der Waals surface area contributed by atoms with Crippen molar-refractivity contribution in [2.75, 3.05) is 12.9 Å². The molecule has 0 spiro atoms. The van der Waals surface area contributed by atoms with Crippen molar-refractivity contribution in [1.82, 2.24) is 5.32 Å². The Labute approximate surface area is 108 Å². The molecule has 4 heteroatoms. The molecular formula is C13H19NO2S. The summed E-state index contributed by atoms with van der Waals surface area (Å²) in [7, 11) is 1.66. The van der Waals surface area contributed by atoms with Gasteiger partial charge in [0.2, 0.25) is 5.91 Å². The van der Waals surface area contributed by atoms with Gasteiger partial charge in [0.05, 0.1) is 7.11 Å². The van der Waals surface area contributed by atoms with Gasteiger partial charge < -0.3 is 10.1 Å². The van der Waals surface area contributed by atoms with Crippen LogP contribution < -0.4 is 10.1 Å². The van der Waals surface area contributed by atoms with Gasteiger partial charge in [-0.15, -0.1) is 0 Å². The summed E-state index contributed by atoms with van der Waals surface area (Å²) >= 11 is 4.03. The van der Waals surface area contributed by atoms with Crippen LogP contribution in [-0.4, -0.2) is 18.8 Å². The Kier molecular flexibility index (Phi) is 5.35. The van der Waals surface area contributed by atoms with Crippen molar-refractivity contribution in [2.45, 2.75) is 26.8 Å². The molecule has 0 aliphatic heterocycles. The first-order valence-corrected chi connectivity index (χ1v) is 6.24. The predicted molar refractivity (Wildman–Crippen MR) is 72.8 cm³/mol. The Bertz CT molecular complexity index is 405. The maximum Gasteiger partial charge on any atom is 0.221 e. The van der Waals surface area contributed by atoms with Gasteiger partial charge in [0.1, 0.15) is 5.75 Å². The topological polar surface area (TPSA) is 38.3 Å². The number of rotatable bonds is 5. The van der Waals surface area contributed by atoms with Crippen LogP contribution in [0.1, 0.15) is 23.1 Å². The second kappa shape index (κ2) is 6.55. The molecule has 1 aromatic rings. The Hall–Kier alpha value is -1.16. The molecule has 17 heavy (non-hydrogen) atoms. The van der Waals surface area contributed by atoms with Crippen molar-refractivity contribution in [3.05, 3.63) is 28.8 Å². The van der Waals surface area contributed by atoms with Crippen molar-refractivity contribution in [3.8, 4) is 5.75 Å². The van der Waals surface area contributed by atoms with E-state index in [0.29, 0.717) is 18.7 Å². The molecule has 0 saturated carbocycles. The van der Waals surface area contributed by atoms with Crippen LogP contribution >= 0.6 is 12.6 Å². The lowest BCUT2D eigenvalue weighted by atomic mass is 10.0. The lowest BCUT2D eigenvalue weighted by Crippen LogP contribution is -2.23. The summed E-state index contributed by atoms with van der Waals surface area (Å²) < 4.78 is 5.25. The van der Waals surface area contributed by atoms with Crippen molar-refractivity contribution < 1.29 is 9.53 Å². The van der Waals surface area contributed by atoms with Crippen molar-refractivity contribution in [2.24, 2.45) is 0 Å². The molecule has 0 atom stereocenters. The quantitative estimate of drug-likeness (QED) is 0.790. The average Bonchev–Trinajstić information content (AvgIpc) is 2.31. The Balaban J connectivity index is 2.73. The molecule has 1 amide bonds. The van der Waals surface area contributed by atoms with E-state index in [-0.39, 0.29) is 5.91 Å². The van der Waals surface area contributed by atoms with Gasteiger partial charge >= 0.3 is 0 Å². The fraction of sp³-hybridized carbons (Fsp3) is 0.462. The van der Waals surface area contributed by atoms with Crippen molar-refractivity contribution >= 4 is 18.5 Å². The van der Waals surface area contributed by atoms with Crippen LogP contribution in [0.15, 0.2) is 12.1 Å². The van der Waals surface area contributed by atoms with Crippen LogP contribution in [0.5, 0.6) is 5.75 Å². The van der Waals surface area contributed by atoms with E-state index in [1.807, 2.05) is 26.0 Å². The highest BCUT2D eigenvalue weighted by Crippen LogP contribution is 2.23. The third kappa shape index (κ3) is 3.66. The molecule has 0 aliphatic carbocycles. The van der Waals surface area contributed by atoms with Gasteiger partial charge in [-0.25, -0.2) is 0 Å². The van der Waals surface area contributed by atoms with Gasteiger partial charge in [-0.2, -0.15) is 12.6 Å². The summed E-state index contributed by atoms with van der Waals surface area (Å²) in [6.45, 7) is 4.62. The maximum atomic E-state index is 11.4. The summed E-state index contributed by atoms with van der Waals surface area (Å²) in [5.41, 5.74) is 3.40. The molecule has 0 heterocycles. The third-order valence-electron chi connectivity index (χ3n) is 2.88. The summed E-state index contributed by atoms with van der Waals surface area (Å²) in [5.74, 6) is 1.49. The number of hydrogen-bond donors (Lipinski definition) is 2. The highest BCUT2D eigenvalue weighted by atomic mass is 32.1. The normalized spacial score (nSPS) is 10.1. The molecule has 0 saturated heterocycles. The molecule has 94 valence electrons. The largest absolute Gasteiger partial charge is 0.496 e. The molecular weight excluding hydrogens is 234 g/mol. The van der Waals surface area contributed by atoms with Gasteiger partial charge in [-0.3, -0.25) is 4.79 Å². The molecule has 1 N–H and O–H groups in total. The minimum absolute atomic E-state index is 0.0351. The number of carbonyl (C=O) groups excluding carboxylic acids is 1.